The molecule has 1 aromatic heterocycles. The molecule has 1 aromatic rings. The largest absolute Gasteiger partial charge is 0.379 e. The van der Waals surface area contributed by atoms with Crippen LogP contribution < -0.4 is 0 Å². The van der Waals surface area contributed by atoms with Crippen LogP contribution in [0.1, 0.15) is 30.8 Å². The highest BCUT2D eigenvalue weighted by Crippen LogP contribution is 2.13. The van der Waals surface area contributed by atoms with Crippen molar-refractivity contribution in [1.82, 2.24) is 15.0 Å². The molecule has 0 aliphatic heterocycles. The number of nitrogens with zero attached hydrogens (tertiary/aromatic N) is 3. The summed E-state index contributed by atoms with van der Waals surface area (Å²) in [5.41, 5.74) is 0.188. The zero-order chi connectivity index (χ0) is 10.6. The van der Waals surface area contributed by atoms with E-state index in [2.05, 4.69) is 10.3 Å². The molecule has 0 N–H and O–H groups in total. The van der Waals surface area contributed by atoms with Gasteiger partial charge in [-0.1, -0.05) is 5.21 Å². The minimum atomic E-state index is -0.173. The molecule has 0 aliphatic rings. The second-order valence-corrected chi connectivity index (χ2v) is 3.74. The summed E-state index contributed by atoms with van der Waals surface area (Å²) in [6, 6.07) is 0. The Kier molecular flexibility index (Phi) is 3.35. The number of hydrogen-bond donors (Lipinski definition) is 0. The van der Waals surface area contributed by atoms with E-state index in [-0.39, 0.29) is 5.60 Å². The van der Waals surface area contributed by atoms with E-state index in [9.17, 15) is 4.79 Å². The zero-order valence-electron chi connectivity index (χ0n) is 8.73. The molecule has 0 unspecified atom stereocenters. The molecule has 78 valence electrons. The number of hydrogen-bond acceptors (Lipinski definition) is 4. The minimum Gasteiger partial charge on any atom is -0.379 e. The van der Waals surface area contributed by atoms with Gasteiger partial charge in [0.2, 0.25) is 0 Å². The van der Waals surface area contributed by atoms with Crippen molar-refractivity contribution in [2.75, 3.05) is 7.11 Å². The van der Waals surface area contributed by atoms with Crippen molar-refractivity contribution in [1.29, 1.82) is 0 Å². The van der Waals surface area contributed by atoms with E-state index >= 15 is 0 Å². The highest BCUT2D eigenvalue weighted by Gasteiger charge is 2.16. The molecule has 0 radical (unpaired) electrons. The number of rotatable bonds is 5. The van der Waals surface area contributed by atoms with Crippen LogP contribution >= 0.6 is 0 Å². The lowest BCUT2D eigenvalue weighted by atomic mass is 10.1. The van der Waals surface area contributed by atoms with E-state index in [1.807, 2.05) is 13.8 Å². The third-order valence-electron chi connectivity index (χ3n) is 2.17. The average Bonchev–Trinajstić information content (AvgIpc) is 2.63. The van der Waals surface area contributed by atoms with Crippen LogP contribution in [0, 0.1) is 0 Å². The first-order valence-electron chi connectivity index (χ1n) is 4.48. The first kappa shape index (κ1) is 10.8. The fourth-order valence-electron chi connectivity index (χ4n) is 0.963. The van der Waals surface area contributed by atoms with Gasteiger partial charge in [-0.05, 0) is 20.3 Å². The summed E-state index contributed by atoms with van der Waals surface area (Å²) in [5.74, 6) is 0. The van der Waals surface area contributed by atoms with Crippen molar-refractivity contribution in [2.45, 2.75) is 32.4 Å². The Morgan fingerprint density at radius 1 is 1.64 bits per heavy atom. The molecule has 0 saturated heterocycles. The third-order valence-corrected chi connectivity index (χ3v) is 2.17. The van der Waals surface area contributed by atoms with Crippen LogP contribution in [0.5, 0.6) is 0 Å². The van der Waals surface area contributed by atoms with Gasteiger partial charge in [0.25, 0.3) is 0 Å². The second-order valence-electron chi connectivity index (χ2n) is 3.74. The molecule has 0 aliphatic carbocycles. The van der Waals surface area contributed by atoms with Crippen molar-refractivity contribution in [3.8, 4) is 0 Å². The number of aldehydes is 1. The SMILES string of the molecule is COC(C)(C)CCn1cc(C=O)nn1. The van der Waals surface area contributed by atoms with Crippen molar-refractivity contribution in [3.63, 3.8) is 0 Å². The molecule has 1 rings (SSSR count). The number of aromatic nitrogens is 3. The van der Waals surface area contributed by atoms with Crippen LogP contribution in [0.15, 0.2) is 6.20 Å². The van der Waals surface area contributed by atoms with E-state index < -0.39 is 0 Å². The molecule has 14 heavy (non-hydrogen) atoms. The molecule has 0 bridgehead atoms. The summed E-state index contributed by atoms with van der Waals surface area (Å²) in [6.07, 6.45) is 3.13. The number of methoxy groups -OCH3 is 1. The van der Waals surface area contributed by atoms with Gasteiger partial charge >= 0.3 is 0 Å². The summed E-state index contributed by atoms with van der Waals surface area (Å²) < 4.78 is 6.90. The van der Waals surface area contributed by atoms with Crippen molar-refractivity contribution < 1.29 is 9.53 Å². The smallest absolute Gasteiger partial charge is 0.171 e. The van der Waals surface area contributed by atoms with Crippen LogP contribution in [0.4, 0.5) is 0 Å². The molecule has 5 nitrogen and oxygen atoms in total. The van der Waals surface area contributed by atoms with E-state index in [0.29, 0.717) is 18.5 Å². The lowest BCUT2D eigenvalue weighted by Gasteiger charge is -2.22. The van der Waals surface area contributed by atoms with Gasteiger partial charge in [-0.3, -0.25) is 9.48 Å². The van der Waals surface area contributed by atoms with E-state index in [1.54, 1.807) is 18.0 Å². The molecule has 0 aromatic carbocycles. The van der Waals surface area contributed by atoms with Gasteiger partial charge in [0.05, 0.1) is 11.8 Å². The molecule has 1 heterocycles. The van der Waals surface area contributed by atoms with Crippen LogP contribution in [0.3, 0.4) is 0 Å². The Balaban J connectivity index is 2.49. The molecule has 0 fully saturated rings. The third kappa shape index (κ3) is 2.92. The molecule has 0 amide bonds. The summed E-state index contributed by atoms with van der Waals surface area (Å²) in [5, 5.41) is 7.47. The van der Waals surface area contributed by atoms with Gasteiger partial charge in [0.15, 0.2) is 6.29 Å². The number of carbonyl (C=O) groups excluding carboxylic acids is 1. The Morgan fingerprint density at radius 3 is 2.86 bits per heavy atom. The monoisotopic (exact) mass is 197 g/mol. The quantitative estimate of drug-likeness (QED) is 0.658. The van der Waals surface area contributed by atoms with Gasteiger partial charge in [0.1, 0.15) is 5.69 Å². The molecule has 0 atom stereocenters. The highest BCUT2D eigenvalue weighted by molar-refractivity contribution is 5.70. The summed E-state index contributed by atoms with van der Waals surface area (Å²) >= 11 is 0. The lowest BCUT2D eigenvalue weighted by Crippen LogP contribution is -2.24. The number of aryl methyl sites for hydroxylation is 1. The van der Waals surface area contributed by atoms with E-state index in [0.717, 1.165) is 6.42 Å². The van der Waals surface area contributed by atoms with Gasteiger partial charge < -0.3 is 4.74 Å². The highest BCUT2D eigenvalue weighted by atomic mass is 16.5. The maximum Gasteiger partial charge on any atom is 0.171 e. The fraction of sp³-hybridized carbons (Fsp3) is 0.667. The topological polar surface area (TPSA) is 57.0 Å². The predicted octanol–water partition coefficient (Wildman–Crippen LogP) is 0.906. The van der Waals surface area contributed by atoms with Gasteiger partial charge in [-0.15, -0.1) is 5.10 Å². The molecule has 0 saturated carbocycles. The molecular weight excluding hydrogens is 182 g/mol. The number of ether oxygens (including phenoxy) is 1. The maximum atomic E-state index is 10.3. The van der Waals surface area contributed by atoms with Crippen molar-refractivity contribution in [2.24, 2.45) is 0 Å². The average molecular weight is 197 g/mol. The Morgan fingerprint density at radius 2 is 2.36 bits per heavy atom. The summed E-state index contributed by atoms with van der Waals surface area (Å²) in [4.78, 5) is 10.3. The minimum absolute atomic E-state index is 0.173. The molecule has 0 spiro atoms. The first-order valence-corrected chi connectivity index (χ1v) is 4.48. The zero-order valence-corrected chi connectivity index (χ0v) is 8.73. The van der Waals surface area contributed by atoms with Crippen molar-refractivity contribution in [3.05, 3.63) is 11.9 Å². The van der Waals surface area contributed by atoms with Crippen LogP contribution in [-0.4, -0.2) is 34.0 Å². The summed E-state index contributed by atoms with van der Waals surface area (Å²) in [6.45, 7) is 4.71. The first-order chi connectivity index (χ1) is 6.57. The standard InChI is InChI=1S/C9H15N3O2/c1-9(2,14-3)4-5-12-6-8(7-13)10-11-12/h6-7H,4-5H2,1-3H3. The maximum absolute atomic E-state index is 10.3. The van der Waals surface area contributed by atoms with E-state index in [1.165, 1.54) is 0 Å². The Labute approximate surface area is 83.1 Å². The predicted molar refractivity (Wildman–Crippen MR) is 51.1 cm³/mol. The van der Waals surface area contributed by atoms with Crippen LogP contribution in [0.2, 0.25) is 0 Å². The molecule has 5 heteroatoms. The van der Waals surface area contributed by atoms with E-state index in [4.69, 9.17) is 4.74 Å². The van der Waals surface area contributed by atoms with Crippen molar-refractivity contribution >= 4 is 6.29 Å². The van der Waals surface area contributed by atoms with Crippen LogP contribution in [-0.2, 0) is 11.3 Å². The second kappa shape index (κ2) is 4.32. The normalized spacial score (nSPS) is 11.6. The Hall–Kier alpha value is -1.23. The lowest BCUT2D eigenvalue weighted by molar-refractivity contribution is 0.0112. The molecular formula is C9H15N3O2. The summed E-state index contributed by atoms with van der Waals surface area (Å²) in [7, 11) is 1.68. The van der Waals surface area contributed by atoms with Gasteiger partial charge in [0, 0.05) is 13.7 Å². The van der Waals surface area contributed by atoms with Crippen LogP contribution in [0.25, 0.3) is 0 Å². The van der Waals surface area contributed by atoms with Gasteiger partial charge in [-0.25, -0.2) is 0 Å². The fourth-order valence-corrected chi connectivity index (χ4v) is 0.963. The Bertz CT molecular complexity index is 307. The number of carbonyl (C=O) groups is 1. The van der Waals surface area contributed by atoms with Gasteiger partial charge in [-0.2, -0.15) is 0 Å².